The molecule has 0 aliphatic carbocycles. The van der Waals surface area contributed by atoms with Crippen molar-refractivity contribution >= 4 is 67.5 Å². The number of aromatic nitrogens is 2. The first kappa shape index (κ1) is 29.6. The molecule has 2 aliphatic heterocycles. The Kier molecular flexibility index (Phi) is 10.5. The second-order valence-corrected chi connectivity index (χ2v) is 13.9. The molecule has 1 unspecified atom stereocenters. The highest BCUT2D eigenvalue weighted by atomic mass is 33.1. The summed E-state index contributed by atoms with van der Waals surface area (Å²) < 4.78 is 5.78. The molecule has 0 saturated heterocycles. The molecule has 0 saturated carbocycles. The zero-order chi connectivity index (χ0) is 27.8. The molecule has 39 heavy (non-hydrogen) atoms. The molecule has 2 aromatic rings. The molecule has 2 aromatic heterocycles. The van der Waals surface area contributed by atoms with E-state index in [4.69, 9.17) is 4.74 Å². The molecule has 13 heteroatoms. The van der Waals surface area contributed by atoms with Crippen LogP contribution in [-0.2, 0) is 25.7 Å². The summed E-state index contributed by atoms with van der Waals surface area (Å²) in [4.78, 5) is 52.8. The minimum atomic E-state index is -1.02. The fourth-order valence-electron chi connectivity index (χ4n) is 3.69. The highest BCUT2D eigenvalue weighted by Crippen LogP contribution is 2.32. The number of allylic oxidation sites excluding steroid dienone is 1. The quantitative estimate of drug-likeness (QED) is 0.206. The standard InChI is InChI=1S/C26H31N5O4S4/c1-16(2)22-24(33)35-17(8-5-7-11-38-39-20-9-4-6-10-27-20)12-19(32)28-13-21-29-18(14-36-21)23-31-26(3,15-37-23)25(34)30-22/h4-6,8-10,14,16-17,22H,7,11-13,15H2,1-3H3,(H,28,32)(H,30,34)/b8-5+/t17?,22-,26+/m0/s1. The average Bonchev–Trinajstić information content (AvgIpc) is 3.55. The van der Waals surface area contributed by atoms with Gasteiger partial charge in [-0.2, -0.15) is 0 Å². The van der Waals surface area contributed by atoms with Crippen LogP contribution in [-0.4, -0.2) is 62.0 Å². The maximum Gasteiger partial charge on any atom is 0.329 e. The van der Waals surface area contributed by atoms with Crippen molar-refractivity contribution in [3.63, 3.8) is 0 Å². The van der Waals surface area contributed by atoms with Gasteiger partial charge < -0.3 is 15.4 Å². The molecular formula is C26H31N5O4S4. The molecule has 9 nitrogen and oxygen atoms in total. The van der Waals surface area contributed by atoms with Gasteiger partial charge in [0.25, 0.3) is 0 Å². The monoisotopic (exact) mass is 605 g/mol. The number of hydrogen-bond donors (Lipinski definition) is 2. The average molecular weight is 606 g/mol. The third-order valence-corrected chi connectivity index (χ3v) is 10.3. The van der Waals surface area contributed by atoms with Gasteiger partial charge in [-0.1, -0.05) is 36.8 Å². The maximum absolute atomic E-state index is 13.3. The predicted molar refractivity (Wildman–Crippen MR) is 159 cm³/mol. The molecule has 2 amide bonds. The third-order valence-electron chi connectivity index (χ3n) is 5.90. The Morgan fingerprint density at radius 3 is 2.90 bits per heavy atom. The van der Waals surface area contributed by atoms with Crippen LogP contribution in [0.1, 0.15) is 44.3 Å². The van der Waals surface area contributed by atoms with Crippen LogP contribution in [0, 0.1) is 5.92 Å². The van der Waals surface area contributed by atoms with Crippen LogP contribution < -0.4 is 10.6 Å². The molecule has 0 spiro atoms. The van der Waals surface area contributed by atoms with E-state index in [-0.39, 0.29) is 30.7 Å². The number of rotatable bonds is 7. The van der Waals surface area contributed by atoms with Crippen molar-refractivity contribution in [3.05, 3.63) is 52.6 Å². The number of esters is 1. The van der Waals surface area contributed by atoms with Crippen molar-refractivity contribution in [1.82, 2.24) is 20.6 Å². The lowest BCUT2D eigenvalue weighted by atomic mass is 10.0. The largest absolute Gasteiger partial charge is 0.456 e. The second kappa shape index (κ2) is 13.8. The van der Waals surface area contributed by atoms with Gasteiger partial charge in [-0.25, -0.2) is 14.8 Å². The molecule has 0 fully saturated rings. The third kappa shape index (κ3) is 8.32. The van der Waals surface area contributed by atoms with Crippen LogP contribution in [0.2, 0.25) is 0 Å². The van der Waals surface area contributed by atoms with Gasteiger partial charge >= 0.3 is 5.97 Å². The molecule has 0 radical (unpaired) electrons. The minimum absolute atomic E-state index is 0.0324. The van der Waals surface area contributed by atoms with Gasteiger partial charge in [0.2, 0.25) is 11.8 Å². The Labute approximate surface area is 244 Å². The van der Waals surface area contributed by atoms with Gasteiger partial charge in [0.15, 0.2) is 0 Å². The normalized spacial score (nSPS) is 24.4. The molecule has 4 rings (SSSR count). The van der Waals surface area contributed by atoms with Gasteiger partial charge in [0.1, 0.15) is 38.5 Å². The SMILES string of the molecule is CC(C)[C@@H]1NC(=O)[C@@]2(C)CSC(=N2)c2csc(n2)CNC(=O)CC(/C=C/CCSSc2ccccn2)OC1=O. The lowest BCUT2D eigenvalue weighted by Gasteiger charge is -2.27. The predicted octanol–water partition coefficient (Wildman–Crippen LogP) is 4.25. The van der Waals surface area contributed by atoms with E-state index in [1.54, 1.807) is 40.8 Å². The van der Waals surface area contributed by atoms with Gasteiger partial charge in [0.05, 0.1) is 13.0 Å². The second-order valence-electron chi connectivity index (χ2n) is 9.55. The molecule has 4 bridgehead atoms. The Morgan fingerprint density at radius 2 is 2.13 bits per heavy atom. The summed E-state index contributed by atoms with van der Waals surface area (Å²) in [5.74, 6) is -0.127. The number of thioether (sulfide) groups is 1. The summed E-state index contributed by atoms with van der Waals surface area (Å²) in [5.41, 5.74) is -0.329. The maximum atomic E-state index is 13.3. The Balaban J connectivity index is 1.46. The molecule has 3 atom stereocenters. The van der Waals surface area contributed by atoms with Crippen LogP contribution in [0.4, 0.5) is 0 Å². The molecule has 4 heterocycles. The van der Waals surface area contributed by atoms with Gasteiger partial charge in [0, 0.05) is 23.1 Å². The number of thiazole rings is 1. The van der Waals surface area contributed by atoms with E-state index in [9.17, 15) is 14.4 Å². The van der Waals surface area contributed by atoms with E-state index in [2.05, 4.69) is 25.6 Å². The first-order valence-corrected chi connectivity index (χ1v) is 16.7. The number of fused-ring (bicyclic) bond motifs is 4. The summed E-state index contributed by atoms with van der Waals surface area (Å²) in [7, 11) is 3.27. The number of aliphatic imine (C=N–C) groups is 1. The van der Waals surface area contributed by atoms with E-state index in [1.807, 2.05) is 43.5 Å². The number of nitrogens with one attached hydrogen (secondary N) is 2. The molecule has 208 valence electrons. The molecular weight excluding hydrogens is 575 g/mol. The Hall–Kier alpha value is -2.35. The van der Waals surface area contributed by atoms with Crippen molar-refractivity contribution in [2.24, 2.45) is 10.9 Å². The summed E-state index contributed by atoms with van der Waals surface area (Å²) in [6, 6.07) is 4.91. The summed E-state index contributed by atoms with van der Waals surface area (Å²) in [6.45, 7) is 5.71. The number of carbonyl (C=O) groups is 3. The molecule has 2 aliphatic rings. The van der Waals surface area contributed by atoms with E-state index in [1.165, 1.54) is 23.1 Å². The Bertz CT molecular complexity index is 1240. The zero-order valence-electron chi connectivity index (χ0n) is 21.9. The summed E-state index contributed by atoms with van der Waals surface area (Å²) in [6.07, 6.45) is 5.35. The van der Waals surface area contributed by atoms with Crippen molar-refractivity contribution < 1.29 is 19.1 Å². The van der Waals surface area contributed by atoms with Crippen molar-refractivity contribution in [2.75, 3.05) is 11.5 Å². The Morgan fingerprint density at radius 1 is 1.28 bits per heavy atom. The topological polar surface area (TPSA) is 123 Å². The van der Waals surface area contributed by atoms with E-state index in [0.717, 1.165) is 22.2 Å². The first-order valence-electron chi connectivity index (χ1n) is 12.6. The van der Waals surface area contributed by atoms with Gasteiger partial charge in [-0.05, 0) is 48.3 Å². The number of nitrogens with zero attached hydrogens (tertiary/aromatic N) is 3. The van der Waals surface area contributed by atoms with Gasteiger partial charge in [-0.15, -0.1) is 23.1 Å². The van der Waals surface area contributed by atoms with Crippen LogP contribution in [0.25, 0.3) is 0 Å². The van der Waals surface area contributed by atoms with E-state index >= 15 is 0 Å². The fourth-order valence-corrected chi connectivity index (χ4v) is 7.49. The first-order chi connectivity index (χ1) is 18.7. The fraction of sp³-hybridized carbons (Fsp3) is 0.462. The number of amides is 2. The lowest BCUT2D eigenvalue weighted by molar-refractivity contribution is -0.153. The summed E-state index contributed by atoms with van der Waals surface area (Å²) in [5, 5.41) is 9.98. The highest BCUT2D eigenvalue weighted by Gasteiger charge is 2.41. The zero-order valence-corrected chi connectivity index (χ0v) is 25.2. The van der Waals surface area contributed by atoms with Crippen LogP contribution in [0.3, 0.4) is 0 Å². The van der Waals surface area contributed by atoms with Crippen LogP contribution in [0.15, 0.2) is 51.9 Å². The van der Waals surface area contributed by atoms with E-state index in [0.29, 0.717) is 16.5 Å². The van der Waals surface area contributed by atoms with Crippen molar-refractivity contribution in [1.29, 1.82) is 0 Å². The van der Waals surface area contributed by atoms with Crippen LogP contribution >= 0.6 is 44.7 Å². The molecule has 0 aromatic carbocycles. The number of hydrogen-bond acceptors (Lipinski definition) is 11. The number of carbonyl (C=O) groups excluding carboxylic acids is 3. The number of cyclic esters (lactones) is 1. The van der Waals surface area contributed by atoms with Gasteiger partial charge in [-0.3, -0.25) is 14.6 Å². The number of ether oxygens (including phenoxy) is 1. The smallest absolute Gasteiger partial charge is 0.329 e. The minimum Gasteiger partial charge on any atom is -0.456 e. The van der Waals surface area contributed by atoms with Crippen molar-refractivity contribution in [3.8, 4) is 0 Å². The summed E-state index contributed by atoms with van der Waals surface area (Å²) >= 11 is 2.88. The lowest BCUT2D eigenvalue weighted by Crippen LogP contribution is -2.53. The number of pyridine rings is 1. The molecule has 2 N–H and O–H groups in total. The van der Waals surface area contributed by atoms with Crippen molar-refractivity contribution in [2.45, 2.75) is 62.9 Å². The van der Waals surface area contributed by atoms with Crippen LogP contribution in [0.5, 0.6) is 0 Å². The van der Waals surface area contributed by atoms with E-state index < -0.39 is 23.7 Å². The highest BCUT2D eigenvalue weighted by molar-refractivity contribution is 8.76.